The van der Waals surface area contributed by atoms with E-state index >= 15 is 0 Å². The van der Waals surface area contributed by atoms with E-state index < -0.39 is 5.54 Å². The zero-order valence-corrected chi connectivity index (χ0v) is 22.6. The zero-order valence-electron chi connectivity index (χ0n) is 21.8. The zero-order chi connectivity index (χ0) is 24.5. The molecule has 0 aliphatic carbocycles. The average Bonchev–Trinajstić information content (AvgIpc) is 3.20. The molecule has 0 unspecified atom stereocenters. The van der Waals surface area contributed by atoms with Gasteiger partial charge in [-0.3, -0.25) is 14.6 Å². The van der Waals surface area contributed by atoms with Gasteiger partial charge in [-0.1, -0.05) is 45.4 Å². The number of nitrogens with zero attached hydrogens (tertiary/aromatic N) is 5. The third-order valence-electron chi connectivity index (χ3n) is 7.41. The molecule has 0 saturated carbocycles. The van der Waals surface area contributed by atoms with Crippen molar-refractivity contribution in [2.75, 3.05) is 26.2 Å². The molecule has 7 nitrogen and oxygen atoms in total. The summed E-state index contributed by atoms with van der Waals surface area (Å²) in [7, 11) is 0. The topological polar surface area (TPSA) is 61.7 Å². The highest BCUT2D eigenvalue weighted by atomic mass is 35.5. The maximum Gasteiger partial charge on any atom is 0.327 e. The SMILES string of the molecule is CCCCN1C(=O)N(CC(C)C)C(=O)C12CCN(Cc1c(C)nn(-c3ccccc3)c1C)CC2.Cl. The van der Waals surface area contributed by atoms with Crippen molar-refractivity contribution in [1.29, 1.82) is 0 Å². The van der Waals surface area contributed by atoms with Crippen molar-refractivity contribution in [3.05, 3.63) is 47.3 Å². The van der Waals surface area contributed by atoms with Crippen molar-refractivity contribution in [3.8, 4) is 5.69 Å². The van der Waals surface area contributed by atoms with Crippen LogP contribution < -0.4 is 0 Å². The number of carbonyl (C=O) groups excluding carboxylic acids is 2. The van der Waals surface area contributed by atoms with Gasteiger partial charge in [0, 0.05) is 44.0 Å². The fourth-order valence-corrected chi connectivity index (χ4v) is 5.45. The van der Waals surface area contributed by atoms with Gasteiger partial charge in [0.25, 0.3) is 5.91 Å². The molecule has 0 radical (unpaired) electrons. The van der Waals surface area contributed by atoms with Gasteiger partial charge >= 0.3 is 6.03 Å². The lowest BCUT2D eigenvalue weighted by Crippen LogP contribution is -2.56. The second-order valence-electron chi connectivity index (χ2n) is 10.3. The van der Waals surface area contributed by atoms with E-state index in [1.54, 1.807) is 0 Å². The van der Waals surface area contributed by atoms with Crippen LogP contribution >= 0.6 is 12.4 Å². The Kier molecular flexibility index (Phi) is 8.65. The van der Waals surface area contributed by atoms with Gasteiger partial charge in [-0.2, -0.15) is 5.10 Å². The molecule has 192 valence electrons. The number of imide groups is 1. The van der Waals surface area contributed by atoms with Crippen LogP contribution in [-0.2, 0) is 11.3 Å². The second kappa shape index (κ2) is 11.1. The molecule has 3 heterocycles. The summed E-state index contributed by atoms with van der Waals surface area (Å²) >= 11 is 0. The molecule has 0 N–H and O–H groups in total. The summed E-state index contributed by atoms with van der Waals surface area (Å²) in [6, 6.07) is 10.1. The monoisotopic (exact) mass is 501 g/mol. The van der Waals surface area contributed by atoms with Crippen LogP contribution in [0.5, 0.6) is 0 Å². The lowest BCUT2D eigenvalue weighted by atomic mass is 9.85. The van der Waals surface area contributed by atoms with Crippen LogP contribution in [0.15, 0.2) is 30.3 Å². The molecular formula is C27H40ClN5O2. The number of hydrogen-bond donors (Lipinski definition) is 0. The number of rotatable bonds is 8. The maximum atomic E-state index is 13.6. The molecule has 1 aromatic heterocycles. The van der Waals surface area contributed by atoms with E-state index in [4.69, 9.17) is 5.10 Å². The van der Waals surface area contributed by atoms with Crippen molar-refractivity contribution in [3.63, 3.8) is 0 Å². The molecular weight excluding hydrogens is 462 g/mol. The van der Waals surface area contributed by atoms with Crippen LogP contribution in [0.4, 0.5) is 4.79 Å². The first-order valence-electron chi connectivity index (χ1n) is 12.7. The third-order valence-corrected chi connectivity index (χ3v) is 7.41. The lowest BCUT2D eigenvalue weighted by molar-refractivity contribution is -0.136. The number of amides is 3. The summed E-state index contributed by atoms with van der Waals surface area (Å²) in [6.45, 7) is 14.0. The molecule has 1 spiro atoms. The van der Waals surface area contributed by atoms with Crippen molar-refractivity contribution < 1.29 is 9.59 Å². The highest BCUT2D eigenvalue weighted by molar-refractivity contribution is 6.07. The van der Waals surface area contributed by atoms with Gasteiger partial charge in [0.2, 0.25) is 0 Å². The summed E-state index contributed by atoms with van der Waals surface area (Å²) in [5, 5.41) is 4.80. The first-order valence-corrected chi connectivity index (χ1v) is 12.7. The maximum absolute atomic E-state index is 13.6. The first-order chi connectivity index (χ1) is 16.3. The van der Waals surface area contributed by atoms with Gasteiger partial charge in [0.15, 0.2) is 0 Å². The minimum Gasteiger partial charge on any atom is -0.309 e. The number of aryl methyl sites for hydroxylation is 1. The van der Waals surface area contributed by atoms with E-state index in [-0.39, 0.29) is 30.3 Å². The van der Waals surface area contributed by atoms with Crippen LogP contribution in [0.2, 0.25) is 0 Å². The van der Waals surface area contributed by atoms with Crippen molar-refractivity contribution >= 4 is 24.3 Å². The molecule has 2 aliphatic heterocycles. The Hall–Kier alpha value is -2.38. The van der Waals surface area contributed by atoms with E-state index in [2.05, 4.69) is 51.7 Å². The van der Waals surface area contributed by atoms with E-state index in [1.165, 1.54) is 10.5 Å². The van der Waals surface area contributed by atoms with Gasteiger partial charge in [-0.25, -0.2) is 9.48 Å². The van der Waals surface area contributed by atoms with Crippen molar-refractivity contribution in [1.82, 2.24) is 24.5 Å². The molecule has 2 fully saturated rings. The molecule has 4 rings (SSSR count). The molecule has 3 amide bonds. The average molecular weight is 502 g/mol. The predicted octanol–water partition coefficient (Wildman–Crippen LogP) is 4.97. The molecule has 2 aliphatic rings. The van der Waals surface area contributed by atoms with Crippen molar-refractivity contribution in [2.24, 2.45) is 5.92 Å². The van der Waals surface area contributed by atoms with Gasteiger partial charge in [-0.15, -0.1) is 12.4 Å². The van der Waals surface area contributed by atoms with Gasteiger partial charge in [0.05, 0.1) is 11.4 Å². The predicted molar refractivity (Wildman–Crippen MR) is 141 cm³/mol. The largest absolute Gasteiger partial charge is 0.327 e. The first kappa shape index (κ1) is 27.2. The summed E-state index contributed by atoms with van der Waals surface area (Å²) in [6.07, 6.45) is 3.33. The van der Waals surface area contributed by atoms with Crippen LogP contribution in [0.25, 0.3) is 5.69 Å². The Morgan fingerprint density at radius 3 is 2.31 bits per heavy atom. The third kappa shape index (κ3) is 5.12. The quantitative estimate of drug-likeness (QED) is 0.479. The summed E-state index contributed by atoms with van der Waals surface area (Å²) in [5.74, 6) is 0.287. The van der Waals surface area contributed by atoms with Crippen LogP contribution in [0.1, 0.15) is 63.4 Å². The minimum absolute atomic E-state index is 0. The number of likely N-dealkylation sites (tertiary alicyclic amines) is 1. The van der Waals surface area contributed by atoms with Crippen LogP contribution in [-0.4, -0.2) is 68.1 Å². The number of hydrogen-bond acceptors (Lipinski definition) is 4. The Morgan fingerprint density at radius 2 is 1.71 bits per heavy atom. The van der Waals surface area contributed by atoms with Crippen molar-refractivity contribution in [2.45, 2.75) is 72.4 Å². The fourth-order valence-electron chi connectivity index (χ4n) is 5.45. The van der Waals surface area contributed by atoms with Gasteiger partial charge < -0.3 is 4.90 Å². The van der Waals surface area contributed by atoms with Gasteiger partial charge in [-0.05, 0) is 51.2 Å². The molecule has 35 heavy (non-hydrogen) atoms. The summed E-state index contributed by atoms with van der Waals surface area (Å²) in [5.41, 5.74) is 3.85. The number of unbranched alkanes of at least 4 members (excludes halogenated alkanes) is 1. The minimum atomic E-state index is -0.671. The smallest absolute Gasteiger partial charge is 0.309 e. The van der Waals surface area contributed by atoms with E-state index in [0.29, 0.717) is 25.9 Å². The Morgan fingerprint density at radius 1 is 1.06 bits per heavy atom. The second-order valence-corrected chi connectivity index (χ2v) is 10.3. The number of carbonyl (C=O) groups is 2. The van der Waals surface area contributed by atoms with E-state index in [9.17, 15) is 9.59 Å². The fraction of sp³-hybridized carbons (Fsp3) is 0.593. The molecule has 0 bridgehead atoms. The number of halogens is 1. The molecule has 0 atom stereocenters. The van der Waals surface area contributed by atoms with Crippen LogP contribution in [0, 0.1) is 19.8 Å². The summed E-state index contributed by atoms with van der Waals surface area (Å²) in [4.78, 5) is 32.6. The molecule has 2 aromatic rings. The molecule has 1 aromatic carbocycles. The summed E-state index contributed by atoms with van der Waals surface area (Å²) < 4.78 is 2.02. The normalized spacial score (nSPS) is 18.1. The van der Waals surface area contributed by atoms with E-state index in [1.807, 2.05) is 27.8 Å². The number of urea groups is 1. The van der Waals surface area contributed by atoms with Crippen LogP contribution in [0.3, 0.4) is 0 Å². The molecule has 2 saturated heterocycles. The van der Waals surface area contributed by atoms with Gasteiger partial charge in [0.1, 0.15) is 5.54 Å². The number of benzene rings is 1. The Labute approximate surface area is 215 Å². The number of para-hydroxylation sites is 1. The van der Waals surface area contributed by atoms with E-state index in [0.717, 1.165) is 49.6 Å². The number of piperidine rings is 1. The standard InChI is InChI=1S/C27H39N5O2.ClH/c1-6-7-15-31-26(34)30(18-20(2)3)25(33)27(31)13-16-29(17-14-27)19-24-21(4)28-32(22(24)5)23-11-9-8-10-12-23;/h8-12,20H,6-7,13-19H2,1-5H3;1H. The lowest BCUT2D eigenvalue weighted by Gasteiger charge is -2.42. The highest BCUT2D eigenvalue weighted by Crippen LogP contribution is 2.38. The Bertz CT molecular complexity index is 1030. The highest BCUT2D eigenvalue weighted by Gasteiger charge is 2.57. The number of aromatic nitrogens is 2. The Balaban J connectivity index is 0.00000342. The molecule has 8 heteroatoms.